The van der Waals surface area contributed by atoms with Crippen molar-refractivity contribution in [1.29, 1.82) is 0 Å². The highest BCUT2D eigenvalue weighted by molar-refractivity contribution is 5.83. The van der Waals surface area contributed by atoms with E-state index in [0.717, 1.165) is 12.8 Å². The fourth-order valence-electron chi connectivity index (χ4n) is 1.92. The van der Waals surface area contributed by atoms with Crippen LogP contribution in [0.2, 0.25) is 0 Å². The molecule has 4 nitrogen and oxygen atoms in total. The maximum Gasteiger partial charge on any atom is 0.261 e. The Bertz CT molecular complexity index is 641. The van der Waals surface area contributed by atoms with Crippen molar-refractivity contribution in [3.05, 3.63) is 40.9 Å². The van der Waals surface area contributed by atoms with Gasteiger partial charge in [0.05, 0.1) is 23.8 Å². The number of ketones is 1. The van der Waals surface area contributed by atoms with Crippen molar-refractivity contribution < 1.29 is 4.79 Å². The number of fused-ring (bicyclic) bond motifs is 1. The molecule has 2 aromatic rings. The molecule has 0 aliphatic heterocycles. The molecule has 0 bridgehead atoms. The molecular weight excluding hydrogens is 216 g/mol. The van der Waals surface area contributed by atoms with Crippen LogP contribution in [0.25, 0.3) is 10.9 Å². The molecule has 0 spiro atoms. The van der Waals surface area contributed by atoms with Gasteiger partial charge in [0.15, 0.2) is 5.78 Å². The van der Waals surface area contributed by atoms with E-state index in [4.69, 9.17) is 0 Å². The summed E-state index contributed by atoms with van der Waals surface area (Å²) >= 11 is 0. The van der Waals surface area contributed by atoms with Crippen molar-refractivity contribution in [2.45, 2.75) is 19.4 Å². The Hall–Kier alpha value is -1.97. The molecule has 1 aromatic heterocycles. The molecule has 86 valence electrons. The van der Waals surface area contributed by atoms with Gasteiger partial charge < -0.3 is 0 Å². The van der Waals surface area contributed by atoms with E-state index in [0.29, 0.717) is 10.9 Å². The third kappa shape index (κ3) is 1.86. The molecule has 1 fully saturated rings. The molecule has 0 saturated heterocycles. The fraction of sp³-hybridized carbons (Fsp3) is 0.308. The SMILES string of the molecule is O=C(Cn1cnc2ccccc2c1=O)C1CC1. The molecule has 1 saturated carbocycles. The summed E-state index contributed by atoms with van der Waals surface area (Å²) in [5, 5.41) is 0.568. The summed E-state index contributed by atoms with van der Waals surface area (Å²) in [6, 6.07) is 7.18. The first-order valence-electron chi connectivity index (χ1n) is 5.72. The minimum Gasteiger partial charge on any atom is -0.297 e. The summed E-state index contributed by atoms with van der Waals surface area (Å²) in [4.78, 5) is 27.9. The summed E-state index contributed by atoms with van der Waals surface area (Å²) in [5.41, 5.74) is 0.539. The minimum absolute atomic E-state index is 0.135. The third-order valence-corrected chi connectivity index (χ3v) is 3.09. The van der Waals surface area contributed by atoms with Crippen LogP contribution in [-0.2, 0) is 11.3 Å². The van der Waals surface area contributed by atoms with Gasteiger partial charge in [0.2, 0.25) is 0 Å². The Balaban J connectivity index is 2.02. The second kappa shape index (κ2) is 3.80. The Morgan fingerprint density at radius 2 is 2.12 bits per heavy atom. The third-order valence-electron chi connectivity index (χ3n) is 3.09. The lowest BCUT2D eigenvalue weighted by atomic mass is 10.2. The molecule has 0 amide bonds. The van der Waals surface area contributed by atoms with Crippen molar-refractivity contribution in [3.63, 3.8) is 0 Å². The highest BCUT2D eigenvalue weighted by atomic mass is 16.1. The van der Waals surface area contributed by atoms with Crippen LogP contribution in [0.3, 0.4) is 0 Å². The number of para-hydroxylation sites is 1. The highest BCUT2D eigenvalue weighted by Gasteiger charge is 2.29. The lowest BCUT2D eigenvalue weighted by Gasteiger charge is -2.04. The molecule has 0 N–H and O–H groups in total. The monoisotopic (exact) mass is 228 g/mol. The Labute approximate surface area is 97.9 Å². The number of hydrogen-bond acceptors (Lipinski definition) is 3. The number of carbonyl (C=O) groups is 1. The summed E-state index contributed by atoms with van der Waals surface area (Å²) in [6.07, 6.45) is 3.40. The Morgan fingerprint density at radius 3 is 2.88 bits per heavy atom. The number of carbonyl (C=O) groups excluding carboxylic acids is 1. The summed E-state index contributed by atoms with van der Waals surface area (Å²) < 4.78 is 1.41. The zero-order valence-electron chi connectivity index (χ0n) is 9.30. The minimum atomic E-state index is -0.135. The standard InChI is InChI=1S/C13H12N2O2/c16-12(9-5-6-9)7-15-8-14-11-4-2-1-3-10(11)13(15)17/h1-4,8-9H,5-7H2. The molecule has 1 heterocycles. The molecular formula is C13H12N2O2. The number of benzene rings is 1. The van der Waals surface area contributed by atoms with E-state index in [1.165, 1.54) is 10.9 Å². The van der Waals surface area contributed by atoms with Gasteiger partial charge in [-0.1, -0.05) is 12.1 Å². The normalized spacial score (nSPS) is 15.1. The van der Waals surface area contributed by atoms with Crippen LogP contribution in [0.15, 0.2) is 35.4 Å². The van der Waals surface area contributed by atoms with Crippen molar-refractivity contribution in [3.8, 4) is 0 Å². The van der Waals surface area contributed by atoms with E-state index in [1.807, 2.05) is 6.07 Å². The maximum atomic E-state index is 12.1. The highest BCUT2D eigenvalue weighted by Crippen LogP contribution is 2.30. The predicted octanol–water partition coefficient (Wildman–Crippen LogP) is 1.38. The van der Waals surface area contributed by atoms with Crippen molar-refractivity contribution in [2.24, 2.45) is 5.92 Å². The van der Waals surface area contributed by atoms with Gasteiger partial charge in [-0.2, -0.15) is 0 Å². The molecule has 1 aromatic carbocycles. The molecule has 1 aliphatic carbocycles. The topological polar surface area (TPSA) is 52.0 Å². The number of hydrogen-bond donors (Lipinski definition) is 0. The molecule has 0 atom stereocenters. The zero-order valence-corrected chi connectivity index (χ0v) is 9.30. The summed E-state index contributed by atoms with van der Waals surface area (Å²) in [6.45, 7) is 0.154. The van der Waals surface area contributed by atoms with Crippen LogP contribution in [0.1, 0.15) is 12.8 Å². The Kier molecular flexibility index (Phi) is 2.28. The molecule has 3 rings (SSSR count). The van der Waals surface area contributed by atoms with Gasteiger partial charge in [-0.05, 0) is 25.0 Å². The van der Waals surface area contributed by atoms with Gasteiger partial charge >= 0.3 is 0 Å². The van der Waals surface area contributed by atoms with Gasteiger partial charge in [0.1, 0.15) is 0 Å². The first-order valence-corrected chi connectivity index (χ1v) is 5.72. The van der Waals surface area contributed by atoms with Crippen LogP contribution >= 0.6 is 0 Å². The molecule has 0 unspecified atom stereocenters. The van der Waals surface area contributed by atoms with Gasteiger partial charge in [-0.3, -0.25) is 14.2 Å². The molecule has 0 radical (unpaired) electrons. The van der Waals surface area contributed by atoms with Gasteiger partial charge in [0, 0.05) is 5.92 Å². The number of rotatable bonds is 3. The lowest BCUT2D eigenvalue weighted by molar-refractivity contribution is -0.120. The van der Waals surface area contributed by atoms with Gasteiger partial charge in [0.25, 0.3) is 5.56 Å². The van der Waals surface area contributed by atoms with E-state index in [2.05, 4.69) is 4.98 Å². The first kappa shape index (κ1) is 10.2. The van der Waals surface area contributed by atoms with Crippen LogP contribution < -0.4 is 5.56 Å². The van der Waals surface area contributed by atoms with E-state index >= 15 is 0 Å². The Morgan fingerprint density at radius 1 is 1.35 bits per heavy atom. The molecule has 17 heavy (non-hydrogen) atoms. The smallest absolute Gasteiger partial charge is 0.261 e. The van der Waals surface area contributed by atoms with Gasteiger partial charge in [-0.15, -0.1) is 0 Å². The van der Waals surface area contributed by atoms with Crippen LogP contribution in [0, 0.1) is 5.92 Å². The van der Waals surface area contributed by atoms with Crippen LogP contribution in [0.5, 0.6) is 0 Å². The zero-order chi connectivity index (χ0) is 11.8. The number of aromatic nitrogens is 2. The van der Waals surface area contributed by atoms with Crippen molar-refractivity contribution in [1.82, 2.24) is 9.55 Å². The first-order chi connectivity index (χ1) is 8.25. The average Bonchev–Trinajstić information content (AvgIpc) is 3.17. The largest absolute Gasteiger partial charge is 0.297 e. The van der Waals surface area contributed by atoms with E-state index in [-0.39, 0.29) is 23.8 Å². The van der Waals surface area contributed by atoms with E-state index < -0.39 is 0 Å². The average molecular weight is 228 g/mol. The van der Waals surface area contributed by atoms with E-state index in [1.54, 1.807) is 18.2 Å². The molecule has 1 aliphatic rings. The quantitative estimate of drug-likeness (QED) is 0.797. The van der Waals surface area contributed by atoms with Crippen LogP contribution in [-0.4, -0.2) is 15.3 Å². The fourth-order valence-corrected chi connectivity index (χ4v) is 1.92. The predicted molar refractivity (Wildman–Crippen MR) is 63.7 cm³/mol. The van der Waals surface area contributed by atoms with Crippen molar-refractivity contribution in [2.75, 3.05) is 0 Å². The summed E-state index contributed by atoms with van der Waals surface area (Å²) in [5.74, 6) is 0.317. The van der Waals surface area contributed by atoms with Crippen molar-refractivity contribution >= 4 is 16.7 Å². The molecule has 4 heteroatoms. The number of nitrogens with zero attached hydrogens (tertiary/aromatic N) is 2. The number of Topliss-reactive ketones (excluding diaryl/α,β-unsaturated/α-hetero) is 1. The second-order valence-corrected chi connectivity index (χ2v) is 4.44. The lowest BCUT2D eigenvalue weighted by Crippen LogP contribution is -2.25. The van der Waals surface area contributed by atoms with E-state index in [9.17, 15) is 9.59 Å². The van der Waals surface area contributed by atoms with Crippen LogP contribution in [0.4, 0.5) is 0 Å². The summed E-state index contributed by atoms with van der Waals surface area (Å²) in [7, 11) is 0. The van der Waals surface area contributed by atoms with Gasteiger partial charge in [-0.25, -0.2) is 4.98 Å². The second-order valence-electron chi connectivity index (χ2n) is 4.44. The maximum absolute atomic E-state index is 12.1.